The van der Waals surface area contributed by atoms with E-state index in [4.69, 9.17) is 0 Å². The van der Waals surface area contributed by atoms with Crippen LogP contribution >= 0.6 is 0 Å². The van der Waals surface area contributed by atoms with Gasteiger partial charge in [0.1, 0.15) is 5.82 Å². The molecule has 0 atom stereocenters. The van der Waals surface area contributed by atoms with E-state index >= 15 is 0 Å². The topological polar surface area (TPSA) is 57.3 Å². The van der Waals surface area contributed by atoms with Gasteiger partial charge in [0.05, 0.1) is 5.56 Å². The van der Waals surface area contributed by atoms with Gasteiger partial charge < -0.3 is 10.6 Å². The summed E-state index contributed by atoms with van der Waals surface area (Å²) in [6.45, 7) is 5.85. The first kappa shape index (κ1) is 17.4. The minimum Gasteiger partial charge on any atom is -0.370 e. The molecule has 5 nitrogen and oxygen atoms in total. The van der Waals surface area contributed by atoms with E-state index in [1.165, 1.54) is 5.56 Å². The summed E-state index contributed by atoms with van der Waals surface area (Å²) in [4.78, 5) is 19.1. The minimum absolute atomic E-state index is 0.0305. The Morgan fingerprint density at radius 2 is 1.92 bits per heavy atom. The molecule has 1 aliphatic rings. The maximum absolute atomic E-state index is 12.4. The van der Waals surface area contributed by atoms with Crippen LogP contribution in [0.5, 0.6) is 0 Å². The molecule has 0 saturated carbocycles. The molecule has 1 saturated heterocycles. The van der Waals surface area contributed by atoms with Gasteiger partial charge in [0.2, 0.25) is 0 Å². The summed E-state index contributed by atoms with van der Waals surface area (Å²) in [5.74, 6) is 0.769. The Morgan fingerprint density at radius 3 is 2.56 bits per heavy atom. The summed E-state index contributed by atoms with van der Waals surface area (Å²) in [5.41, 5.74) is 1.96. The number of piperidine rings is 1. The molecule has 0 radical (unpaired) electrons. The number of amides is 1. The fourth-order valence-electron chi connectivity index (χ4n) is 3.16. The average molecular weight is 338 g/mol. The fraction of sp³-hybridized carbons (Fsp3) is 0.400. The van der Waals surface area contributed by atoms with E-state index in [2.05, 4.69) is 44.8 Å². The van der Waals surface area contributed by atoms with E-state index in [0.717, 1.165) is 44.8 Å². The zero-order chi connectivity index (χ0) is 17.5. The van der Waals surface area contributed by atoms with Crippen LogP contribution in [0.25, 0.3) is 0 Å². The number of anilines is 1. The molecule has 2 heterocycles. The first-order valence-corrected chi connectivity index (χ1v) is 9.01. The van der Waals surface area contributed by atoms with Gasteiger partial charge in [-0.15, -0.1) is 0 Å². The van der Waals surface area contributed by atoms with Crippen LogP contribution in [0, 0.1) is 0 Å². The summed E-state index contributed by atoms with van der Waals surface area (Å²) >= 11 is 0. The van der Waals surface area contributed by atoms with Crippen molar-refractivity contribution in [3.63, 3.8) is 0 Å². The Hall–Kier alpha value is -2.40. The lowest BCUT2D eigenvalue weighted by atomic mass is 10.0. The van der Waals surface area contributed by atoms with Gasteiger partial charge >= 0.3 is 0 Å². The predicted molar refractivity (Wildman–Crippen MR) is 101 cm³/mol. The Balaban J connectivity index is 1.46. The standard InChI is InChI=1S/C20H26N4O/c1-2-21-19-9-8-17(14-22-19)20(25)23-18-10-12-24(13-11-18)15-16-6-4-3-5-7-16/h3-9,14,18H,2,10-13,15H2,1H3,(H,21,22)(H,23,25). The van der Waals surface area contributed by atoms with Gasteiger partial charge in [-0.25, -0.2) is 4.98 Å². The van der Waals surface area contributed by atoms with Gasteiger partial charge in [-0.1, -0.05) is 30.3 Å². The summed E-state index contributed by atoms with van der Waals surface area (Å²) in [7, 11) is 0. The molecule has 2 N–H and O–H groups in total. The number of pyridine rings is 1. The monoisotopic (exact) mass is 338 g/mol. The third-order valence-electron chi connectivity index (χ3n) is 4.56. The van der Waals surface area contributed by atoms with Crippen LogP contribution in [-0.4, -0.2) is 41.5 Å². The summed E-state index contributed by atoms with van der Waals surface area (Å²) < 4.78 is 0. The lowest BCUT2D eigenvalue weighted by molar-refractivity contribution is 0.0908. The van der Waals surface area contributed by atoms with E-state index in [1.54, 1.807) is 6.20 Å². The van der Waals surface area contributed by atoms with Crippen molar-refractivity contribution in [1.82, 2.24) is 15.2 Å². The van der Waals surface area contributed by atoms with Gasteiger partial charge in [0.25, 0.3) is 5.91 Å². The second-order valence-corrected chi connectivity index (χ2v) is 6.47. The number of nitrogens with zero attached hydrogens (tertiary/aromatic N) is 2. The molecule has 0 bridgehead atoms. The molecule has 132 valence electrons. The Kier molecular flexibility index (Phi) is 6.01. The number of carbonyl (C=O) groups is 1. The normalized spacial score (nSPS) is 15.7. The Labute approximate surface area is 149 Å². The van der Waals surface area contributed by atoms with Gasteiger partial charge in [0.15, 0.2) is 0 Å². The highest BCUT2D eigenvalue weighted by atomic mass is 16.1. The van der Waals surface area contributed by atoms with Crippen molar-refractivity contribution >= 4 is 11.7 Å². The van der Waals surface area contributed by atoms with E-state index < -0.39 is 0 Å². The number of rotatable bonds is 6. The van der Waals surface area contributed by atoms with Crippen LogP contribution < -0.4 is 10.6 Å². The number of nitrogens with one attached hydrogen (secondary N) is 2. The number of benzene rings is 1. The van der Waals surface area contributed by atoms with Crippen LogP contribution in [0.15, 0.2) is 48.7 Å². The zero-order valence-electron chi connectivity index (χ0n) is 14.7. The molecule has 5 heteroatoms. The van der Waals surface area contributed by atoms with Crippen molar-refractivity contribution < 1.29 is 4.79 Å². The summed E-state index contributed by atoms with van der Waals surface area (Å²) in [6, 6.07) is 14.5. The molecule has 1 aromatic heterocycles. The smallest absolute Gasteiger partial charge is 0.253 e. The van der Waals surface area contributed by atoms with Crippen molar-refractivity contribution in [2.45, 2.75) is 32.4 Å². The average Bonchev–Trinajstić information content (AvgIpc) is 2.65. The van der Waals surface area contributed by atoms with Crippen LogP contribution in [0.1, 0.15) is 35.7 Å². The van der Waals surface area contributed by atoms with Crippen molar-refractivity contribution in [2.75, 3.05) is 25.0 Å². The molecule has 0 unspecified atom stereocenters. The molecule has 3 rings (SSSR count). The lowest BCUT2D eigenvalue weighted by Crippen LogP contribution is -2.44. The fourth-order valence-corrected chi connectivity index (χ4v) is 3.16. The molecule has 1 fully saturated rings. The van der Waals surface area contributed by atoms with Crippen molar-refractivity contribution in [2.24, 2.45) is 0 Å². The molecule has 2 aromatic rings. The molecule has 0 spiro atoms. The van der Waals surface area contributed by atoms with E-state index in [1.807, 2.05) is 25.1 Å². The lowest BCUT2D eigenvalue weighted by Gasteiger charge is -2.32. The summed E-state index contributed by atoms with van der Waals surface area (Å²) in [5, 5.41) is 6.28. The molecule has 25 heavy (non-hydrogen) atoms. The van der Waals surface area contributed by atoms with Crippen LogP contribution in [0.3, 0.4) is 0 Å². The van der Waals surface area contributed by atoms with Gasteiger partial charge in [0, 0.05) is 38.4 Å². The van der Waals surface area contributed by atoms with Gasteiger partial charge in [-0.3, -0.25) is 9.69 Å². The van der Waals surface area contributed by atoms with Gasteiger partial charge in [-0.05, 0) is 37.5 Å². The van der Waals surface area contributed by atoms with Crippen molar-refractivity contribution in [3.05, 3.63) is 59.8 Å². The summed E-state index contributed by atoms with van der Waals surface area (Å²) in [6.07, 6.45) is 3.61. The molecule has 1 aromatic carbocycles. The number of likely N-dealkylation sites (tertiary alicyclic amines) is 1. The second-order valence-electron chi connectivity index (χ2n) is 6.47. The quantitative estimate of drug-likeness (QED) is 0.850. The molecular weight excluding hydrogens is 312 g/mol. The minimum atomic E-state index is -0.0305. The van der Waals surface area contributed by atoms with Crippen molar-refractivity contribution in [1.29, 1.82) is 0 Å². The van der Waals surface area contributed by atoms with Crippen molar-refractivity contribution in [3.8, 4) is 0 Å². The molecular formula is C20H26N4O. The highest BCUT2D eigenvalue weighted by molar-refractivity contribution is 5.94. The number of hydrogen-bond acceptors (Lipinski definition) is 4. The van der Waals surface area contributed by atoms with Crippen LogP contribution in [0.4, 0.5) is 5.82 Å². The first-order valence-electron chi connectivity index (χ1n) is 9.01. The predicted octanol–water partition coefficient (Wildman–Crippen LogP) is 2.91. The Morgan fingerprint density at radius 1 is 1.16 bits per heavy atom. The highest BCUT2D eigenvalue weighted by Gasteiger charge is 2.21. The second kappa shape index (κ2) is 8.62. The third kappa shape index (κ3) is 5.03. The van der Waals surface area contributed by atoms with E-state index in [0.29, 0.717) is 5.56 Å². The molecule has 1 amide bonds. The van der Waals surface area contributed by atoms with E-state index in [9.17, 15) is 4.79 Å². The molecule has 0 aliphatic carbocycles. The maximum Gasteiger partial charge on any atom is 0.253 e. The molecule has 1 aliphatic heterocycles. The maximum atomic E-state index is 12.4. The highest BCUT2D eigenvalue weighted by Crippen LogP contribution is 2.14. The largest absolute Gasteiger partial charge is 0.370 e. The third-order valence-corrected chi connectivity index (χ3v) is 4.56. The van der Waals surface area contributed by atoms with Crippen LogP contribution in [0.2, 0.25) is 0 Å². The first-order chi connectivity index (χ1) is 12.2. The number of hydrogen-bond donors (Lipinski definition) is 2. The Bertz CT molecular complexity index is 664. The number of carbonyl (C=O) groups excluding carboxylic acids is 1. The van der Waals surface area contributed by atoms with Gasteiger partial charge in [-0.2, -0.15) is 0 Å². The zero-order valence-corrected chi connectivity index (χ0v) is 14.7. The SMILES string of the molecule is CCNc1ccc(C(=O)NC2CCN(Cc3ccccc3)CC2)cn1. The number of aromatic nitrogens is 1. The van der Waals surface area contributed by atoms with Crippen LogP contribution in [-0.2, 0) is 6.54 Å². The van der Waals surface area contributed by atoms with E-state index in [-0.39, 0.29) is 11.9 Å².